The molecule has 2 N–H and O–H groups in total. The van der Waals surface area contributed by atoms with Crippen LogP contribution < -0.4 is 5.32 Å². The van der Waals surface area contributed by atoms with E-state index in [0.717, 1.165) is 17.7 Å². The van der Waals surface area contributed by atoms with Gasteiger partial charge in [0, 0.05) is 12.2 Å². The number of rotatable bonds is 3. The first kappa shape index (κ1) is 14.5. The number of hydrogen-bond acceptors (Lipinski definition) is 2. The second kappa shape index (κ2) is 5.63. The van der Waals surface area contributed by atoms with Crippen LogP contribution in [-0.2, 0) is 12.7 Å². The molecule has 2 nitrogen and oxygen atoms in total. The molecule has 0 saturated heterocycles. The van der Waals surface area contributed by atoms with Crippen molar-refractivity contribution in [2.45, 2.75) is 12.7 Å². The molecule has 2 aromatic carbocycles. The maximum Gasteiger partial charge on any atom is 0.416 e. The lowest BCUT2D eigenvalue weighted by molar-refractivity contribution is -0.137. The lowest BCUT2D eigenvalue weighted by Gasteiger charge is -2.10. The Labute approximate surface area is 118 Å². The molecule has 2 rings (SSSR count). The Hall–Kier alpha value is -1.88. The fraction of sp³-hybridized carbons (Fsp3) is 0.143. The van der Waals surface area contributed by atoms with Crippen molar-refractivity contribution in [3.8, 4) is 5.75 Å². The number of aromatic hydroxyl groups is 1. The summed E-state index contributed by atoms with van der Waals surface area (Å²) in [6.45, 7) is 0.394. The molecule has 106 valence electrons. The van der Waals surface area contributed by atoms with Crippen molar-refractivity contribution in [2.75, 3.05) is 5.32 Å². The van der Waals surface area contributed by atoms with E-state index in [2.05, 4.69) is 5.32 Å². The van der Waals surface area contributed by atoms with Gasteiger partial charge in [-0.3, -0.25) is 0 Å². The standard InChI is InChI=1S/C14H11ClF3NO/c15-12-7-9(1-6-13(12)20)8-19-11-4-2-10(3-5-11)14(16,17)18/h1-7,19-20H,8H2. The Balaban J connectivity index is 2.02. The maximum atomic E-state index is 12.4. The van der Waals surface area contributed by atoms with Gasteiger partial charge in [-0.15, -0.1) is 0 Å². The van der Waals surface area contributed by atoms with E-state index in [0.29, 0.717) is 12.2 Å². The Morgan fingerprint density at radius 2 is 1.70 bits per heavy atom. The summed E-state index contributed by atoms with van der Waals surface area (Å²) in [6, 6.07) is 9.51. The monoisotopic (exact) mass is 301 g/mol. The van der Waals surface area contributed by atoms with Gasteiger partial charge < -0.3 is 10.4 Å². The quantitative estimate of drug-likeness (QED) is 0.863. The SMILES string of the molecule is Oc1ccc(CNc2ccc(C(F)(F)F)cc2)cc1Cl. The zero-order chi connectivity index (χ0) is 14.8. The molecule has 0 spiro atoms. The Bertz CT molecular complexity index is 596. The van der Waals surface area contributed by atoms with Crippen molar-refractivity contribution in [3.63, 3.8) is 0 Å². The van der Waals surface area contributed by atoms with Crippen molar-refractivity contribution in [1.29, 1.82) is 0 Å². The zero-order valence-electron chi connectivity index (χ0n) is 10.2. The highest BCUT2D eigenvalue weighted by Crippen LogP contribution is 2.30. The molecule has 0 aliphatic carbocycles. The third kappa shape index (κ3) is 3.57. The topological polar surface area (TPSA) is 32.3 Å². The van der Waals surface area contributed by atoms with Crippen LogP contribution >= 0.6 is 11.6 Å². The van der Waals surface area contributed by atoms with Crippen molar-refractivity contribution in [3.05, 3.63) is 58.6 Å². The van der Waals surface area contributed by atoms with E-state index >= 15 is 0 Å². The van der Waals surface area contributed by atoms with E-state index in [9.17, 15) is 18.3 Å². The van der Waals surface area contributed by atoms with Gasteiger partial charge in [-0.1, -0.05) is 17.7 Å². The van der Waals surface area contributed by atoms with E-state index < -0.39 is 11.7 Å². The highest BCUT2D eigenvalue weighted by molar-refractivity contribution is 6.32. The normalized spacial score (nSPS) is 11.4. The minimum Gasteiger partial charge on any atom is -0.506 e. The number of alkyl halides is 3. The Morgan fingerprint density at radius 3 is 2.25 bits per heavy atom. The second-order valence-corrected chi connectivity index (χ2v) is 4.62. The maximum absolute atomic E-state index is 12.4. The first-order valence-corrected chi connectivity index (χ1v) is 6.12. The molecular weight excluding hydrogens is 291 g/mol. The summed E-state index contributed by atoms with van der Waals surface area (Å²) in [5, 5.41) is 12.5. The van der Waals surface area contributed by atoms with Crippen LogP contribution in [0.4, 0.5) is 18.9 Å². The molecular formula is C14H11ClF3NO. The van der Waals surface area contributed by atoms with Gasteiger partial charge in [-0.2, -0.15) is 13.2 Å². The zero-order valence-corrected chi connectivity index (χ0v) is 11.0. The molecule has 20 heavy (non-hydrogen) atoms. The van der Waals surface area contributed by atoms with Gasteiger partial charge in [0.05, 0.1) is 10.6 Å². The summed E-state index contributed by atoms with van der Waals surface area (Å²) in [5.74, 6) is -0.00931. The van der Waals surface area contributed by atoms with Crippen molar-refractivity contribution in [1.82, 2.24) is 0 Å². The highest BCUT2D eigenvalue weighted by Gasteiger charge is 2.29. The predicted molar refractivity (Wildman–Crippen MR) is 71.9 cm³/mol. The molecule has 0 bridgehead atoms. The van der Waals surface area contributed by atoms with Crippen LogP contribution in [-0.4, -0.2) is 5.11 Å². The molecule has 0 fully saturated rings. The lowest BCUT2D eigenvalue weighted by Crippen LogP contribution is -2.05. The highest BCUT2D eigenvalue weighted by atomic mass is 35.5. The molecule has 6 heteroatoms. The molecule has 0 aliphatic heterocycles. The minimum atomic E-state index is -4.33. The van der Waals surface area contributed by atoms with Crippen LogP contribution in [0.3, 0.4) is 0 Å². The van der Waals surface area contributed by atoms with E-state index in [-0.39, 0.29) is 10.8 Å². The van der Waals surface area contributed by atoms with Crippen molar-refractivity contribution < 1.29 is 18.3 Å². The van der Waals surface area contributed by atoms with Crippen LogP contribution in [0, 0.1) is 0 Å². The number of phenols is 1. The predicted octanol–water partition coefficient (Wildman–Crippen LogP) is 4.68. The van der Waals surface area contributed by atoms with Crippen LogP contribution in [0.15, 0.2) is 42.5 Å². The van der Waals surface area contributed by atoms with Crippen LogP contribution in [0.2, 0.25) is 5.02 Å². The van der Waals surface area contributed by atoms with Gasteiger partial charge in [0.2, 0.25) is 0 Å². The summed E-state index contributed by atoms with van der Waals surface area (Å²) in [4.78, 5) is 0. The van der Waals surface area contributed by atoms with Gasteiger partial charge in [0.15, 0.2) is 0 Å². The third-order valence-electron chi connectivity index (χ3n) is 2.72. The van der Waals surface area contributed by atoms with Crippen LogP contribution in [0.5, 0.6) is 5.75 Å². The Kier molecular flexibility index (Phi) is 4.09. The summed E-state index contributed by atoms with van der Waals surface area (Å²) in [5.41, 5.74) is 0.700. The molecule has 0 amide bonds. The van der Waals surface area contributed by atoms with Crippen molar-refractivity contribution >= 4 is 17.3 Å². The number of hydrogen-bond donors (Lipinski definition) is 2. The summed E-state index contributed by atoms with van der Waals surface area (Å²) < 4.78 is 37.2. The van der Waals surface area contributed by atoms with Gasteiger partial charge in [0.25, 0.3) is 0 Å². The largest absolute Gasteiger partial charge is 0.506 e. The fourth-order valence-corrected chi connectivity index (χ4v) is 1.84. The molecule has 0 radical (unpaired) electrons. The molecule has 0 aromatic heterocycles. The van der Waals surface area contributed by atoms with E-state index in [1.54, 1.807) is 12.1 Å². The second-order valence-electron chi connectivity index (χ2n) is 4.21. The van der Waals surface area contributed by atoms with Crippen LogP contribution in [0.25, 0.3) is 0 Å². The first-order chi connectivity index (χ1) is 9.36. The third-order valence-corrected chi connectivity index (χ3v) is 3.02. The number of benzene rings is 2. The minimum absolute atomic E-state index is 0.00931. The van der Waals surface area contributed by atoms with E-state index in [4.69, 9.17) is 11.6 Å². The summed E-state index contributed by atoms with van der Waals surface area (Å²) in [6.07, 6.45) is -4.33. The van der Waals surface area contributed by atoms with E-state index in [1.165, 1.54) is 18.2 Å². The summed E-state index contributed by atoms with van der Waals surface area (Å²) >= 11 is 5.76. The average molecular weight is 302 g/mol. The van der Waals surface area contributed by atoms with Gasteiger partial charge >= 0.3 is 6.18 Å². The smallest absolute Gasteiger partial charge is 0.416 e. The fourth-order valence-electron chi connectivity index (χ4n) is 1.64. The van der Waals surface area contributed by atoms with Gasteiger partial charge in [-0.05, 0) is 42.0 Å². The van der Waals surface area contributed by atoms with Crippen molar-refractivity contribution in [2.24, 2.45) is 0 Å². The number of phenolic OH excluding ortho intramolecular Hbond substituents is 1. The first-order valence-electron chi connectivity index (χ1n) is 5.75. The number of nitrogens with one attached hydrogen (secondary N) is 1. The molecule has 0 heterocycles. The van der Waals surface area contributed by atoms with E-state index in [1.807, 2.05) is 0 Å². The average Bonchev–Trinajstić information content (AvgIpc) is 2.40. The number of anilines is 1. The molecule has 0 saturated carbocycles. The van der Waals surface area contributed by atoms with Gasteiger partial charge in [0.1, 0.15) is 5.75 Å². The van der Waals surface area contributed by atoms with Gasteiger partial charge in [-0.25, -0.2) is 0 Å². The molecule has 0 unspecified atom stereocenters. The lowest BCUT2D eigenvalue weighted by atomic mass is 10.2. The molecule has 2 aromatic rings. The number of halogens is 4. The molecule has 0 atom stereocenters. The van der Waals surface area contributed by atoms with Crippen LogP contribution in [0.1, 0.15) is 11.1 Å². The Morgan fingerprint density at radius 1 is 1.05 bits per heavy atom. The summed E-state index contributed by atoms with van der Waals surface area (Å²) in [7, 11) is 0. The molecule has 0 aliphatic rings.